The molecule has 0 atom stereocenters. The number of aromatic amines is 2. The van der Waals surface area contributed by atoms with Gasteiger partial charge in [-0.25, -0.2) is 4.79 Å². The first-order valence-electron chi connectivity index (χ1n) is 7.47. The minimum atomic E-state index is -0.423. The number of fused-ring (bicyclic) bond motifs is 5. The predicted octanol–water partition coefficient (Wildman–Crippen LogP) is 2.58. The molecule has 6 nitrogen and oxygen atoms in total. The van der Waals surface area contributed by atoms with Gasteiger partial charge in [-0.2, -0.15) is 0 Å². The molecule has 0 saturated heterocycles. The highest BCUT2D eigenvalue weighted by Crippen LogP contribution is 2.36. The predicted molar refractivity (Wildman–Crippen MR) is 85.2 cm³/mol. The molecular formula is C17H15N3O3. The number of esters is 1. The second-order valence-electron chi connectivity index (χ2n) is 5.39. The minimum Gasteiger partial charge on any atom is -0.461 e. The zero-order chi connectivity index (χ0) is 16.0. The van der Waals surface area contributed by atoms with Crippen molar-refractivity contribution >= 4 is 22.8 Å². The monoisotopic (exact) mass is 309 g/mol. The van der Waals surface area contributed by atoms with Crippen molar-refractivity contribution in [2.75, 3.05) is 6.61 Å². The number of para-hydroxylation sites is 1. The quantitative estimate of drug-likeness (QED) is 0.636. The lowest BCUT2D eigenvalue weighted by Crippen LogP contribution is -2.20. The number of amides is 1. The molecule has 6 heteroatoms. The first-order valence-corrected chi connectivity index (χ1v) is 7.47. The van der Waals surface area contributed by atoms with Gasteiger partial charge in [0.15, 0.2) is 0 Å². The molecule has 116 valence electrons. The number of aromatic nitrogens is 2. The number of carbonyl (C=O) groups excluding carboxylic acids is 2. The molecule has 4 rings (SSSR count). The van der Waals surface area contributed by atoms with E-state index in [4.69, 9.17) is 4.74 Å². The van der Waals surface area contributed by atoms with Crippen molar-refractivity contribution in [2.24, 2.45) is 0 Å². The van der Waals surface area contributed by atoms with Gasteiger partial charge in [-0.15, -0.1) is 0 Å². The highest BCUT2D eigenvalue weighted by atomic mass is 16.5. The highest BCUT2D eigenvalue weighted by Gasteiger charge is 2.29. The fourth-order valence-electron chi connectivity index (χ4n) is 3.08. The van der Waals surface area contributed by atoms with Gasteiger partial charge in [-0.1, -0.05) is 18.2 Å². The van der Waals surface area contributed by atoms with Crippen molar-refractivity contribution in [3.05, 3.63) is 47.3 Å². The Morgan fingerprint density at radius 3 is 2.91 bits per heavy atom. The number of nitrogens with one attached hydrogen (secondary N) is 3. The average Bonchev–Trinajstić information content (AvgIpc) is 3.10. The van der Waals surface area contributed by atoms with Crippen molar-refractivity contribution in [2.45, 2.75) is 13.5 Å². The highest BCUT2D eigenvalue weighted by molar-refractivity contribution is 6.14. The molecule has 1 aliphatic heterocycles. The first kappa shape index (κ1) is 13.6. The Morgan fingerprint density at radius 1 is 1.26 bits per heavy atom. The Hall–Kier alpha value is -3.02. The van der Waals surface area contributed by atoms with Crippen LogP contribution < -0.4 is 5.32 Å². The van der Waals surface area contributed by atoms with Crippen molar-refractivity contribution < 1.29 is 14.3 Å². The van der Waals surface area contributed by atoms with Crippen LogP contribution in [0.5, 0.6) is 0 Å². The molecule has 0 unspecified atom stereocenters. The molecule has 0 aliphatic carbocycles. The molecule has 23 heavy (non-hydrogen) atoms. The summed E-state index contributed by atoms with van der Waals surface area (Å²) in [4.78, 5) is 31.0. The van der Waals surface area contributed by atoms with Gasteiger partial charge in [0.25, 0.3) is 5.91 Å². The summed E-state index contributed by atoms with van der Waals surface area (Å²) in [7, 11) is 0. The lowest BCUT2D eigenvalue weighted by atomic mass is 10.0. The molecule has 0 saturated carbocycles. The van der Waals surface area contributed by atoms with Gasteiger partial charge in [-0.05, 0) is 18.6 Å². The van der Waals surface area contributed by atoms with Crippen LogP contribution in [0.2, 0.25) is 0 Å². The van der Waals surface area contributed by atoms with E-state index in [9.17, 15) is 9.59 Å². The third-order valence-corrected chi connectivity index (χ3v) is 4.06. The van der Waals surface area contributed by atoms with E-state index in [2.05, 4.69) is 15.3 Å². The summed E-state index contributed by atoms with van der Waals surface area (Å²) < 4.78 is 5.12. The number of rotatable bonds is 2. The van der Waals surface area contributed by atoms with E-state index in [0.29, 0.717) is 35.7 Å². The Morgan fingerprint density at radius 2 is 2.09 bits per heavy atom. The molecule has 3 N–H and O–H groups in total. The lowest BCUT2D eigenvalue weighted by molar-refractivity contribution is 0.0521. The zero-order valence-electron chi connectivity index (χ0n) is 12.5. The third-order valence-electron chi connectivity index (χ3n) is 4.06. The second kappa shape index (κ2) is 5.01. The van der Waals surface area contributed by atoms with Gasteiger partial charge in [0, 0.05) is 29.2 Å². The number of hydrogen-bond acceptors (Lipinski definition) is 3. The topological polar surface area (TPSA) is 87.0 Å². The summed E-state index contributed by atoms with van der Waals surface area (Å²) >= 11 is 0. The smallest absolute Gasteiger partial charge is 0.355 e. The molecule has 1 amide bonds. The molecule has 0 radical (unpaired) electrons. The van der Waals surface area contributed by atoms with Crippen molar-refractivity contribution in [3.63, 3.8) is 0 Å². The summed E-state index contributed by atoms with van der Waals surface area (Å²) in [5.41, 5.74) is 3.99. The van der Waals surface area contributed by atoms with Crippen molar-refractivity contribution in [3.8, 4) is 11.3 Å². The van der Waals surface area contributed by atoms with Crippen LogP contribution in [0.1, 0.15) is 33.3 Å². The summed E-state index contributed by atoms with van der Waals surface area (Å²) in [5, 5.41) is 3.73. The maximum Gasteiger partial charge on any atom is 0.355 e. The molecule has 1 aliphatic rings. The van der Waals surface area contributed by atoms with Gasteiger partial charge in [0.1, 0.15) is 5.69 Å². The number of carbonyl (C=O) groups is 2. The van der Waals surface area contributed by atoms with Crippen LogP contribution >= 0.6 is 0 Å². The van der Waals surface area contributed by atoms with E-state index in [0.717, 1.165) is 16.5 Å². The van der Waals surface area contributed by atoms with Crippen LogP contribution in [0.25, 0.3) is 22.2 Å². The molecule has 3 aromatic rings. The van der Waals surface area contributed by atoms with E-state index < -0.39 is 5.97 Å². The van der Waals surface area contributed by atoms with E-state index >= 15 is 0 Å². The maximum atomic E-state index is 12.5. The fraction of sp³-hybridized carbons (Fsp3) is 0.176. The SMILES string of the molecule is CCOC(=O)c1[nH]cc2c1-c1[nH]c3ccccc3c1C(=O)NC2. The van der Waals surface area contributed by atoms with Crippen LogP contribution in [-0.2, 0) is 11.3 Å². The Balaban J connectivity index is 2.02. The molecular weight excluding hydrogens is 294 g/mol. The van der Waals surface area contributed by atoms with Crippen molar-refractivity contribution in [1.82, 2.24) is 15.3 Å². The molecule has 3 heterocycles. The Labute approximate surface area is 131 Å². The Kier molecular flexibility index (Phi) is 2.97. The molecule has 1 aromatic carbocycles. The summed E-state index contributed by atoms with van der Waals surface area (Å²) in [5.74, 6) is -0.573. The third kappa shape index (κ3) is 1.95. The summed E-state index contributed by atoms with van der Waals surface area (Å²) in [6, 6.07) is 7.60. The fourth-order valence-corrected chi connectivity index (χ4v) is 3.08. The number of ether oxygens (including phenoxy) is 1. The van der Waals surface area contributed by atoms with Gasteiger partial charge in [0.2, 0.25) is 0 Å². The summed E-state index contributed by atoms with van der Waals surface area (Å²) in [6.07, 6.45) is 1.74. The van der Waals surface area contributed by atoms with Crippen LogP contribution in [0.3, 0.4) is 0 Å². The van der Waals surface area contributed by atoms with E-state index in [-0.39, 0.29) is 5.91 Å². The summed E-state index contributed by atoms with van der Waals surface area (Å²) in [6.45, 7) is 2.42. The van der Waals surface area contributed by atoms with Crippen molar-refractivity contribution in [1.29, 1.82) is 0 Å². The van der Waals surface area contributed by atoms with Gasteiger partial charge < -0.3 is 20.0 Å². The number of benzene rings is 1. The van der Waals surface area contributed by atoms with E-state index in [1.165, 1.54) is 0 Å². The van der Waals surface area contributed by atoms with Crippen LogP contribution in [0.4, 0.5) is 0 Å². The van der Waals surface area contributed by atoms with Crippen LogP contribution in [0.15, 0.2) is 30.5 Å². The van der Waals surface area contributed by atoms with E-state index in [1.807, 2.05) is 24.3 Å². The van der Waals surface area contributed by atoms with Gasteiger partial charge >= 0.3 is 5.97 Å². The van der Waals surface area contributed by atoms with E-state index in [1.54, 1.807) is 13.1 Å². The molecule has 0 fully saturated rings. The van der Waals surface area contributed by atoms with Gasteiger partial charge in [0.05, 0.1) is 17.9 Å². The molecule has 0 bridgehead atoms. The normalized spacial score (nSPS) is 13.2. The van der Waals surface area contributed by atoms with Crippen LogP contribution in [0, 0.1) is 0 Å². The van der Waals surface area contributed by atoms with Gasteiger partial charge in [-0.3, -0.25) is 4.79 Å². The second-order valence-corrected chi connectivity index (χ2v) is 5.39. The zero-order valence-corrected chi connectivity index (χ0v) is 12.5. The standard InChI is InChI=1S/C17H15N3O3/c1-2-23-17(22)15-12-9(7-18-15)8-19-16(21)13-10-5-3-4-6-11(10)20-14(12)13/h3-7,18,20H,2,8H2,1H3,(H,19,21). The van der Waals surface area contributed by atoms with Crippen LogP contribution in [-0.4, -0.2) is 28.5 Å². The number of hydrogen-bond donors (Lipinski definition) is 3. The molecule has 0 spiro atoms. The number of H-pyrrole nitrogens is 2. The minimum absolute atomic E-state index is 0.150. The largest absolute Gasteiger partial charge is 0.461 e. The lowest BCUT2D eigenvalue weighted by Gasteiger charge is -2.04. The average molecular weight is 309 g/mol. The maximum absolute atomic E-state index is 12.5. The Bertz CT molecular complexity index is 936. The first-order chi connectivity index (χ1) is 11.2. The molecule has 2 aromatic heterocycles.